The number of carbonyl (C=O) groups excluding carboxylic acids is 1. The first kappa shape index (κ1) is 20.6. The quantitative estimate of drug-likeness (QED) is 0.306. The Balaban J connectivity index is 1.50. The third-order valence-corrected chi connectivity index (χ3v) is 7.14. The number of pyridine rings is 1. The van der Waals surface area contributed by atoms with Gasteiger partial charge in [-0.2, -0.15) is 0 Å². The summed E-state index contributed by atoms with van der Waals surface area (Å²) in [5, 5.41) is 0.680. The van der Waals surface area contributed by atoms with Gasteiger partial charge in [0.15, 0.2) is 5.13 Å². The molecule has 0 N–H and O–H groups in total. The summed E-state index contributed by atoms with van der Waals surface area (Å²) in [4.78, 5) is 25.4. The average molecular weight is 464 g/mol. The Hall–Kier alpha value is -4.03. The van der Waals surface area contributed by atoms with E-state index in [1.807, 2.05) is 79.7 Å². The fraction of sp³-hybridized carbons (Fsp3) is 0.107. The number of aromatic nitrogens is 2. The topological polar surface area (TPSA) is 55.3 Å². The van der Waals surface area contributed by atoms with Crippen molar-refractivity contribution >= 4 is 32.6 Å². The summed E-state index contributed by atoms with van der Waals surface area (Å²) < 4.78 is 7.19. The van der Waals surface area contributed by atoms with Crippen LogP contribution in [0.4, 0.5) is 5.13 Å². The molecular formula is C28H21N3O2S. The van der Waals surface area contributed by atoms with Crippen LogP contribution >= 0.6 is 11.3 Å². The van der Waals surface area contributed by atoms with Gasteiger partial charge in [0.25, 0.3) is 0 Å². The van der Waals surface area contributed by atoms with E-state index in [0.29, 0.717) is 23.2 Å². The minimum absolute atomic E-state index is 0.0382. The van der Waals surface area contributed by atoms with E-state index in [9.17, 15) is 4.79 Å². The molecule has 0 unspecified atom stereocenters. The van der Waals surface area contributed by atoms with Crippen LogP contribution in [0.5, 0.6) is 11.5 Å². The normalized spacial score (nSPS) is 12.6. The molecular weight excluding hydrogens is 442 g/mol. The van der Waals surface area contributed by atoms with Crippen LogP contribution in [0.3, 0.4) is 0 Å². The molecule has 1 aliphatic heterocycles. The first-order valence-corrected chi connectivity index (χ1v) is 11.9. The monoisotopic (exact) mass is 463 g/mol. The van der Waals surface area contributed by atoms with Crippen molar-refractivity contribution in [2.75, 3.05) is 4.90 Å². The van der Waals surface area contributed by atoms with Crippen molar-refractivity contribution < 1.29 is 9.53 Å². The highest BCUT2D eigenvalue weighted by Gasteiger charge is 2.36. The van der Waals surface area contributed by atoms with Crippen LogP contribution in [0.2, 0.25) is 0 Å². The van der Waals surface area contributed by atoms with Crippen molar-refractivity contribution in [2.24, 2.45) is 0 Å². The number of nitrogens with zero attached hydrogens (tertiary/aromatic N) is 3. The number of benzene rings is 3. The maximum absolute atomic E-state index is 14.4. The van der Waals surface area contributed by atoms with Crippen LogP contribution < -0.4 is 9.64 Å². The predicted octanol–water partition coefficient (Wildman–Crippen LogP) is 6.47. The molecule has 6 rings (SSSR count). The number of fused-ring (bicyclic) bond motifs is 3. The summed E-state index contributed by atoms with van der Waals surface area (Å²) in [5.74, 6) is 0.886. The fourth-order valence-electron chi connectivity index (χ4n) is 4.44. The molecule has 0 radical (unpaired) electrons. The molecule has 6 heteroatoms. The average Bonchev–Trinajstić information content (AvgIpc) is 3.31. The summed E-state index contributed by atoms with van der Waals surface area (Å²) in [6.07, 6.45) is 3.53. The fourth-order valence-corrected chi connectivity index (χ4v) is 5.48. The first-order chi connectivity index (χ1) is 16.7. The Labute approximate surface area is 201 Å². The summed E-state index contributed by atoms with van der Waals surface area (Å²) in [7, 11) is 0. The van der Waals surface area contributed by atoms with Gasteiger partial charge in [-0.15, -0.1) is 0 Å². The van der Waals surface area contributed by atoms with Gasteiger partial charge < -0.3 is 4.74 Å². The van der Waals surface area contributed by atoms with E-state index < -0.39 is 5.92 Å². The Morgan fingerprint density at radius 2 is 1.68 bits per heavy atom. The minimum Gasteiger partial charge on any atom is -0.457 e. The number of amides is 1. The van der Waals surface area contributed by atoms with Gasteiger partial charge in [-0.3, -0.25) is 14.7 Å². The van der Waals surface area contributed by atoms with Crippen molar-refractivity contribution in [3.8, 4) is 11.5 Å². The number of rotatable bonds is 4. The van der Waals surface area contributed by atoms with Gasteiger partial charge in [-0.1, -0.05) is 65.9 Å². The summed E-state index contributed by atoms with van der Waals surface area (Å²) in [5.41, 5.74) is 4.69. The van der Waals surface area contributed by atoms with E-state index in [-0.39, 0.29) is 5.91 Å². The summed E-state index contributed by atoms with van der Waals surface area (Å²) >= 11 is 1.54. The Bertz CT molecular complexity index is 1470. The third-order valence-electron chi connectivity index (χ3n) is 6.10. The molecule has 0 fully saturated rings. The van der Waals surface area contributed by atoms with E-state index >= 15 is 0 Å². The van der Waals surface area contributed by atoms with E-state index in [4.69, 9.17) is 9.72 Å². The number of hydrogen-bond acceptors (Lipinski definition) is 5. The van der Waals surface area contributed by atoms with Crippen LogP contribution in [-0.4, -0.2) is 15.9 Å². The van der Waals surface area contributed by atoms with Gasteiger partial charge >= 0.3 is 0 Å². The molecule has 5 aromatic rings. The number of anilines is 1. The highest BCUT2D eigenvalue weighted by atomic mass is 32.1. The Morgan fingerprint density at radius 1 is 0.941 bits per heavy atom. The smallest absolute Gasteiger partial charge is 0.241 e. The summed E-state index contributed by atoms with van der Waals surface area (Å²) in [6, 6.07) is 25.5. The van der Waals surface area contributed by atoms with Crippen LogP contribution in [0.1, 0.15) is 28.2 Å². The van der Waals surface area contributed by atoms with Crippen molar-refractivity contribution in [3.63, 3.8) is 0 Å². The molecule has 34 heavy (non-hydrogen) atoms. The molecule has 0 bridgehead atoms. The zero-order chi connectivity index (χ0) is 23.1. The molecule has 3 aromatic carbocycles. The maximum Gasteiger partial charge on any atom is 0.241 e. The molecule has 3 heterocycles. The van der Waals surface area contributed by atoms with Gasteiger partial charge in [-0.05, 0) is 42.3 Å². The lowest BCUT2D eigenvalue weighted by Gasteiger charge is -2.31. The van der Waals surface area contributed by atoms with Gasteiger partial charge in [0.2, 0.25) is 5.91 Å². The molecule has 1 aliphatic rings. The molecule has 0 saturated heterocycles. The number of carbonyl (C=O) groups is 1. The van der Waals surface area contributed by atoms with E-state index in [1.54, 1.807) is 17.3 Å². The summed E-state index contributed by atoms with van der Waals surface area (Å²) in [6.45, 7) is 2.43. The van der Waals surface area contributed by atoms with Crippen LogP contribution in [-0.2, 0) is 11.3 Å². The highest BCUT2D eigenvalue weighted by Crippen LogP contribution is 2.45. The number of para-hydroxylation sites is 3. The second-order valence-corrected chi connectivity index (χ2v) is 9.32. The Morgan fingerprint density at radius 3 is 2.35 bits per heavy atom. The van der Waals surface area contributed by atoms with E-state index in [1.165, 1.54) is 11.3 Å². The zero-order valence-corrected chi connectivity index (χ0v) is 19.3. The van der Waals surface area contributed by atoms with E-state index in [2.05, 4.69) is 11.1 Å². The van der Waals surface area contributed by atoms with E-state index in [0.717, 1.165) is 32.5 Å². The second-order valence-electron chi connectivity index (χ2n) is 8.31. The molecule has 166 valence electrons. The van der Waals surface area contributed by atoms with Gasteiger partial charge in [0.1, 0.15) is 11.5 Å². The first-order valence-electron chi connectivity index (χ1n) is 11.1. The van der Waals surface area contributed by atoms with Crippen molar-refractivity contribution in [2.45, 2.75) is 19.4 Å². The molecule has 0 aliphatic carbocycles. The molecule has 0 spiro atoms. The third kappa shape index (κ3) is 3.53. The van der Waals surface area contributed by atoms with Crippen LogP contribution in [0, 0.1) is 6.92 Å². The minimum atomic E-state index is -0.495. The second kappa shape index (κ2) is 8.39. The largest absolute Gasteiger partial charge is 0.457 e. The maximum atomic E-state index is 14.4. The van der Waals surface area contributed by atoms with Crippen molar-refractivity contribution in [1.82, 2.24) is 9.97 Å². The molecule has 0 atom stereocenters. The van der Waals surface area contributed by atoms with Crippen LogP contribution in [0.25, 0.3) is 10.2 Å². The number of hydrogen-bond donors (Lipinski definition) is 0. The van der Waals surface area contributed by atoms with Gasteiger partial charge in [0.05, 0.1) is 22.7 Å². The lowest BCUT2D eigenvalue weighted by Crippen LogP contribution is -2.36. The SMILES string of the molecule is Cc1cccc2sc(N(Cc3cccnc3)C(=O)C3c4ccccc4Oc4ccccc43)nc12. The standard InChI is InChI=1S/C28H21N3O2S/c1-18-8-6-14-24-26(18)30-28(34-24)31(17-19-9-7-15-29-16-19)27(32)25-20-10-2-4-12-22(20)33-23-13-5-3-11-21(23)25/h2-16,25H,17H2,1H3. The highest BCUT2D eigenvalue weighted by molar-refractivity contribution is 7.22. The molecule has 2 aromatic heterocycles. The van der Waals surface area contributed by atoms with Crippen molar-refractivity contribution in [1.29, 1.82) is 0 Å². The van der Waals surface area contributed by atoms with Gasteiger partial charge in [-0.25, -0.2) is 4.98 Å². The van der Waals surface area contributed by atoms with Crippen LogP contribution in [0.15, 0.2) is 91.3 Å². The molecule has 0 saturated carbocycles. The predicted molar refractivity (Wildman–Crippen MR) is 135 cm³/mol. The number of ether oxygens (including phenoxy) is 1. The Kier molecular flexibility index (Phi) is 5.08. The lowest BCUT2D eigenvalue weighted by atomic mass is 9.87. The molecule has 1 amide bonds. The number of aryl methyl sites for hydroxylation is 1. The molecule has 5 nitrogen and oxygen atoms in total. The number of thiazole rings is 1. The van der Waals surface area contributed by atoms with Crippen molar-refractivity contribution in [3.05, 3.63) is 114 Å². The lowest BCUT2D eigenvalue weighted by molar-refractivity contribution is -0.119. The van der Waals surface area contributed by atoms with Gasteiger partial charge in [0, 0.05) is 23.5 Å². The zero-order valence-electron chi connectivity index (χ0n) is 18.5.